The second-order valence-electron chi connectivity index (χ2n) is 6.72. The van der Waals surface area contributed by atoms with Crippen LogP contribution in [0.2, 0.25) is 5.02 Å². The summed E-state index contributed by atoms with van der Waals surface area (Å²) in [7, 11) is 0. The molecule has 26 heavy (non-hydrogen) atoms. The molecule has 0 unspecified atom stereocenters. The monoisotopic (exact) mass is 369 g/mol. The molecule has 4 rings (SSSR count). The van der Waals surface area contributed by atoms with Gasteiger partial charge in [0.05, 0.1) is 17.1 Å². The first-order valence-electron chi connectivity index (χ1n) is 8.80. The van der Waals surface area contributed by atoms with Gasteiger partial charge in [0.2, 0.25) is 0 Å². The fourth-order valence-corrected chi connectivity index (χ4v) is 3.84. The molecule has 1 aromatic carbocycles. The van der Waals surface area contributed by atoms with Crippen LogP contribution < -0.4 is 10.5 Å². The third-order valence-electron chi connectivity index (χ3n) is 5.06. The molecule has 1 saturated heterocycles. The van der Waals surface area contributed by atoms with Crippen LogP contribution in [0.4, 0.5) is 5.82 Å². The minimum Gasteiger partial charge on any atom is -0.355 e. The van der Waals surface area contributed by atoms with Crippen LogP contribution in [0.15, 0.2) is 41.6 Å². The van der Waals surface area contributed by atoms with Gasteiger partial charge in [0.15, 0.2) is 5.82 Å². The number of halogens is 1. The molecule has 1 fully saturated rings. The summed E-state index contributed by atoms with van der Waals surface area (Å²) in [5.74, 6) is 2.00. The number of aromatic nitrogens is 4. The van der Waals surface area contributed by atoms with E-state index in [1.807, 2.05) is 35.8 Å². The second kappa shape index (κ2) is 7.03. The molecule has 134 valence electrons. The predicted octanol–water partition coefficient (Wildman–Crippen LogP) is 3.06. The molecule has 0 amide bonds. The molecule has 0 bridgehead atoms. The van der Waals surface area contributed by atoms with Gasteiger partial charge in [-0.15, -0.1) is 0 Å². The van der Waals surface area contributed by atoms with Crippen LogP contribution in [0.25, 0.3) is 10.9 Å². The third-order valence-corrected chi connectivity index (χ3v) is 5.32. The quantitative estimate of drug-likeness (QED) is 0.710. The Bertz CT molecular complexity index is 995. The van der Waals surface area contributed by atoms with Gasteiger partial charge >= 0.3 is 0 Å². The van der Waals surface area contributed by atoms with Crippen LogP contribution in [0, 0.1) is 12.8 Å². The van der Waals surface area contributed by atoms with Gasteiger partial charge in [0, 0.05) is 19.6 Å². The Hall–Kier alpha value is -2.47. The van der Waals surface area contributed by atoms with Crippen molar-refractivity contribution >= 4 is 28.3 Å². The topological polar surface area (TPSA) is 63.9 Å². The SMILES string of the molecule is Cc1nc2ccccc2c(=O)n1CC1CCN(c2ncncc2Cl)CC1. The van der Waals surface area contributed by atoms with E-state index in [-0.39, 0.29) is 5.56 Å². The Balaban J connectivity index is 1.51. The fraction of sp³-hybridized carbons (Fsp3) is 0.368. The predicted molar refractivity (Wildman–Crippen MR) is 103 cm³/mol. The third kappa shape index (κ3) is 3.17. The number of aryl methyl sites for hydroxylation is 1. The molecule has 2 aromatic heterocycles. The lowest BCUT2D eigenvalue weighted by atomic mass is 9.96. The number of anilines is 1. The number of para-hydroxylation sites is 1. The summed E-state index contributed by atoms with van der Waals surface area (Å²) in [6.45, 7) is 4.35. The summed E-state index contributed by atoms with van der Waals surface area (Å²) < 4.78 is 1.82. The molecule has 3 aromatic rings. The van der Waals surface area contributed by atoms with Crippen LogP contribution in [-0.2, 0) is 6.54 Å². The van der Waals surface area contributed by atoms with Crippen LogP contribution in [0.1, 0.15) is 18.7 Å². The van der Waals surface area contributed by atoms with Crippen molar-refractivity contribution in [2.75, 3.05) is 18.0 Å². The highest BCUT2D eigenvalue weighted by atomic mass is 35.5. The lowest BCUT2D eigenvalue weighted by molar-refractivity contribution is 0.348. The lowest BCUT2D eigenvalue weighted by Crippen LogP contribution is -2.37. The van der Waals surface area contributed by atoms with Crippen molar-refractivity contribution in [2.45, 2.75) is 26.3 Å². The minimum atomic E-state index is 0.0503. The molecular weight excluding hydrogens is 350 g/mol. The summed E-state index contributed by atoms with van der Waals surface area (Å²) in [5, 5.41) is 1.26. The highest BCUT2D eigenvalue weighted by Crippen LogP contribution is 2.27. The summed E-state index contributed by atoms with van der Waals surface area (Å²) >= 11 is 6.20. The first-order valence-corrected chi connectivity index (χ1v) is 9.18. The molecule has 3 heterocycles. The smallest absolute Gasteiger partial charge is 0.261 e. The van der Waals surface area contributed by atoms with Crippen LogP contribution in [-0.4, -0.2) is 32.6 Å². The standard InChI is InChI=1S/C19H20ClN5O/c1-13-23-17-5-3-2-4-15(17)19(26)25(13)11-14-6-8-24(9-7-14)18-16(20)10-21-12-22-18/h2-5,10,12,14H,6-9,11H2,1H3. The highest BCUT2D eigenvalue weighted by molar-refractivity contribution is 6.32. The van der Waals surface area contributed by atoms with Gasteiger partial charge in [-0.05, 0) is 37.8 Å². The van der Waals surface area contributed by atoms with Crippen molar-refractivity contribution in [3.05, 3.63) is 58.0 Å². The number of fused-ring (bicyclic) bond motifs is 1. The number of piperidine rings is 1. The molecule has 1 aliphatic heterocycles. The van der Waals surface area contributed by atoms with Crippen LogP contribution >= 0.6 is 11.6 Å². The zero-order valence-electron chi connectivity index (χ0n) is 14.6. The Morgan fingerprint density at radius 3 is 2.77 bits per heavy atom. The summed E-state index contributed by atoms with van der Waals surface area (Å²) in [4.78, 5) is 27.8. The zero-order chi connectivity index (χ0) is 18.1. The molecule has 0 N–H and O–H groups in total. The maximum Gasteiger partial charge on any atom is 0.261 e. The molecule has 0 aliphatic carbocycles. The molecule has 6 nitrogen and oxygen atoms in total. The van der Waals surface area contributed by atoms with Crippen molar-refractivity contribution in [3.63, 3.8) is 0 Å². The minimum absolute atomic E-state index is 0.0503. The van der Waals surface area contributed by atoms with Crippen molar-refractivity contribution in [3.8, 4) is 0 Å². The van der Waals surface area contributed by atoms with Gasteiger partial charge in [-0.25, -0.2) is 15.0 Å². The maximum atomic E-state index is 12.8. The van der Waals surface area contributed by atoms with Gasteiger partial charge in [0.1, 0.15) is 17.2 Å². The van der Waals surface area contributed by atoms with Crippen LogP contribution in [0.5, 0.6) is 0 Å². The average Bonchev–Trinajstić information content (AvgIpc) is 2.66. The molecule has 0 radical (unpaired) electrons. The fourth-order valence-electron chi connectivity index (χ4n) is 3.62. The van der Waals surface area contributed by atoms with E-state index in [1.54, 1.807) is 6.20 Å². The summed E-state index contributed by atoms with van der Waals surface area (Å²) in [5.41, 5.74) is 0.814. The zero-order valence-corrected chi connectivity index (χ0v) is 15.4. The molecule has 7 heteroatoms. The molecular formula is C19H20ClN5O. The van der Waals surface area contributed by atoms with Gasteiger partial charge in [-0.3, -0.25) is 9.36 Å². The van der Waals surface area contributed by atoms with E-state index in [0.717, 1.165) is 43.1 Å². The highest BCUT2D eigenvalue weighted by Gasteiger charge is 2.23. The Labute approximate surface area is 156 Å². The molecule has 1 aliphatic rings. The van der Waals surface area contributed by atoms with E-state index in [2.05, 4.69) is 19.9 Å². The summed E-state index contributed by atoms with van der Waals surface area (Å²) in [6.07, 6.45) is 5.12. The number of nitrogens with zero attached hydrogens (tertiary/aromatic N) is 5. The lowest BCUT2D eigenvalue weighted by Gasteiger charge is -2.33. The average molecular weight is 370 g/mol. The molecule has 0 spiro atoms. The normalized spacial score (nSPS) is 15.5. The van der Waals surface area contributed by atoms with Gasteiger partial charge in [-0.2, -0.15) is 0 Å². The molecule has 0 saturated carbocycles. The van der Waals surface area contributed by atoms with Crippen LogP contribution in [0.3, 0.4) is 0 Å². The number of rotatable bonds is 3. The van der Waals surface area contributed by atoms with Gasteiger partial charge in [-0.1, -0.05) is 23.7 Å². The first kappa shape index (κ1) is 17.0. The van der Waals surface area contributed by atoms with E-state index in [1.165, 1.54) is 6.33 Å². The van der Waals surface area contributed by atoms with Crippen molar-refractivity contribution < 1.29 is 0 Å². The van der Waals surface area contributed by atoms with Gasteiger partial charge in [0.25, 0.3) is 5.56 Å². The first-order chi connectivity index (χ1) is 12.6. The van der Waals surface area contributed by atoms with Gasteiger partial charge < -0.3 is 4.90 Å². The Morgan fingerprint density at radius 1 is 1.23 bits per heavy atom. The van der Waals surface area contributed by atoms with E-state index in [9.17, 15) is 4.79 Å². The Morgan fingerprint density at radius 2 is 2.00 bits per heavy atom. The van der Waals surface area contributed by atoms with E-state index in [4.69, 9.17) is 11.6 Å². The van der Waals surface area contributed by atoms with E-state index < -0.39 is 0 Å². The largest absolute Gasteiger partial charge is 0.355 e. The Kier molecular flexibility index (Phi) is 4.59. The van der Waals surface area contributed by atoms with E-state index >= 15 is 0 Å². The number of benzene rings is 1. The van der Waals surface area contributed by atoms with Crippen molar-refractivity contribution in [2.24, 2.45) is 5.92 Å². The molecule has 0 atom stereocenters. The van der Waals surface area contributed by atoms with E-state index in [0.29, 0.717) is 22.9 Å². The summed E-state index contributed by atoms with van der Waals surface area (Å²) in [6, 6.07) is 7.53. The number of hydrogen-bond acceptors (Lipinski definition) is 5. The van der Waals surface area contributed by atoms with Crippen molar-refractivity contribution in [1.82, 2.24) is 19.5 Å². The number of hydrogen-bond donors (Lipinski definition) is 0. The van der Waals surface area contributed by atoms with Crippen molar-refractivity contribution in [1.29, 1.82) is 0 Å². The second-order valence-corrected chi connectivity index (χ2v) is 7.12. The maximum absolute atomic E-state index is 12.8.